The lowest BCUT2D eigenvalue weighted by Gasteiger charge is -2.40. The predicted octanol–water partition coefficient (Wildman–Crippen LogP) is 6.10. The van der Waals surface area contributed by atoms with E-state index in [4.69, 9.17) is 9.47 Å². The summed E-state index contributed by atoms with van der Waals surface area (Å²) in [6, 6.07) is 13.7. The molecule has 0 aliphatic carbocycles. The van der Waals surface area contributed by atoms with Gasteiger partial charge in [0.05, 0.1) is 28.9 Å². The summed E-state index contributed by atoms with van der Waals surface area (Å²) in [6.07, 6.45) is -1.57. The third kappa shape index (κ3) is 4.90. The molecule has 0 bridgehead atoms. The minimum Gasteiger partial charge on any atom is -0.496 e. The van der Waals surface area contributed by atoms with Gasteiger partial charge in [-0.25, -0.2) is 4.79 Å². The van der Waals surface area contributed by atoms with Crippen molar-refractivity contribution in [3.05, 3.63) is 80.2 Å². The van der Waals surface area contributed by atoms with Gasteiger partial charge in [-0.3, -0.25) is 9.59 Å². The number of carbonyl (C=O) groups is 3. The summed E-state index contributed by atoms with van der Waals surface area (Å²) in [5.74, 6) is -0.544. The number of ether oxygens (including phenoxy) is 2. The SMILES string of the molecule is COc1cc(OC(=O)c2ccsc2)ccc1-c1ccc2c(c1C(O)C(=O)c1ccc(C)s1)N(C)C(=O)C(C)(C)N2. The molecule has 1 aliphatic heterocycles. The van der Waals surface area contributed by atoms with E-state index in [1.54, 1.807) is 68.1 Å². The number of hydrogen-bond acceptors (Lipinski definition) is 9. The first-order chi connectivity index (χ1) is 19.0. The van der Waals surface area contributed by atoms with Crippen LogP contribution >= 0.6 is 22.7 Å². The lowest BCUT2D eigenvalue weighted by atomic mass is 9.88. The first-order valence-electron chi connectivity index (χ1n) is 12.5. The lowest BCUT2D eigenvalue weighted by Crippen LogP contribution is -2.52. The van der Waals surface area contributed by atoms with Gasteiger partial charge in [0, 0.05) is 34.5 Å². The van der Waals surface area contributed by atoms with E-state index < -0.39 is 23.4 Å². The molecular formula is C30H28N2O6S2. The molecule has 2 N–H and O–H groups in total. The van der Waals surface area contributed by atoms with Crippen LogP contribution in [0.5, 0.6) is 11.5 Å². The van der Waals surface area contributed by atoms with Crippen molar-refractivity contribution in [1.29, 1.82) is 0 Å². The number of Topliss-reactive ketones (excluding diaryl/α,β-unsaturated/α-hetero) is 1. The molecule has 0 radical (unpaired) electrons. The molecule has 2 aromatic carbocycles. The molecule has 0 saturated carbocycles. The van der Waals surface area contributed by atoms with Crippen LogP contribution in [0.2, 0.25) is 0 Å². The molecule has 5 rings (SSSR count). The number of amides is 1. The van der Waals surface area contributed by atoms with Crippen LogP contribution in [-0.4, -0.2) is 42.5 Å². The zero-order valence-electron chi connectivity index (χ0n) is 22.6. The van der Waals surface area contributed by atoms with E-state index in [2.05, 4.69) is 5.32 Å². The average molecular weight is 577 g/mol. The topological polar surface area (TPSA) is 105 Å². The van der Waals surface area contributed by atoms with Crippen molar-refractivity contribution in [3.8, 4) is 22.6 Å². The van der Waals surface area contributed by atoms with Crippen molar-refractivity contribution < 1.29 is 29.0 Å². The average Bonchev–Trinajstić information content (AvgIpc) is 3.63. The van der Waals surface area contributed by atoms with E-state index in [1.807, 2.05) is 19.1 Å². The Morgan fingerprint density at radius 1 is 1.07 bits per heavy atom. The molecule has 1 aliphatic rings. The van der Waals surface area contributed by atoms with Crippen molar-refractivity contribution in [3.63, 3.8) is 0 Å². The monoisotopic (exact) mass is 576 g/mol. The van der Waals surface area contributed by atoms with Gasteiger partial charge in [0.1, 0.15) is 23.1 Å². The quantitative estimate of drug-likeness (QED) is 0.156. The Labute approximate surface area is 239 Å². The Hall–Kier alpha value is -3.99. The molecule has 8 nitrogen and oxygen atoms in total. The summed E-state index contributed by atoms with van der Waals surface area (Å²) in [5.41, 5.74) is 1.90. The number of hydrogen-bond donors (Lipinski definition) is 2. The molecular weight excluding hydrogens is 548 g/mol. The van der Waals surface area contributed by atoms with Crippen LogP contribution in [-0.2, 0) is 4.79 Å². The molecule has 206 valence electrons. The highest BCUT2D eigenvalue weighted by Crippen LogP contribution is 2.47. The molecule has 0 spiro atoms. The maximum Gasteiger partial charge on any atom is 0.344 e. The number of anilines is 2. The standard InChI is InChI=1S/C30H28N2O6S2/c1-16-6-11-23(40-16)26(33)27(34)24-20(9-10-21-25(24)32(4)29(36)30(2,3)31-21)19-8-7-18(14-22(19)37-5)38-28(35)17-12-13-39-15-17/h6-15,27,31,34H,1-5H3. The summed E-state index contributed by atoms with van der Waals surface area (Å²) in [7, 11) is 3.12. The summed E-state index contributed by atoms with van der Waals surface area (Å²) in [6.45, 7) is 5.44. The van der Waals surface area contributed by atoms with Crippen molar-refractivity contribution >= 4 is 51.7 Å². The molecule has 40 heavy (non-hydrogen) atoms. The van der Waals surface area contributed by atoms with Crippen LogP contribution in [0.3, 0.4) is 0 Å². The highest BCUT2D eigenvalue weighted by Gasteiger charge is 2.41. The highest BCUT2D eigenvalue weighted by molar-refractivity contribution is 7.14. The maximum absolute atomic E-state index is 13.5. The Balaban J connectivity index is 1.65. The van der Waals surface area contributed by atoms with Crippen LogP contribution in [0.15, 0.2) is 59.3 Å². The number of nitrogens with one attached hydrogen (secondary N) is 1. The fourth-order valence-electron chi connectivity index (χ4n) is 4.83. The van der Waals surface area contributed by atoms with Crippen LogP contribution in [0.25, 0.3) is 11.1 Å². The molecule has 0 fully saturated rings. The van der Waals surface area contributed by atoms with E-state index in [9.17, 15) is 19.5 Å². The normalized spacial score (nSPS) is 14.8. The minimum absolute atomic E-state index is 0.215. The van der Waals surface area contributed by atoms with Gasteiger partial charge >= 0.3 is 5.97 Å². The minimum atomic E-state index is -1.57. The number of carbonyl (C=O) groups excluding carboxylic acids is 3. The number of methoxy groups -OCH3 is 1. The lowest BCUT2D eigenvalue weighted by molar-refractivity contribution is -0.121. The number of thiophene rings is 2. The zero-order valence-corrected chi connectivity index (χ0v) is 24.2. The summed E-state index contributed by atoms with van der Waals surface area (Å²) in [5, 5.41) is 18.3. The van der Waals surface area contributed by atoms with Gasteiger partial charge in [-0.2, -0.15) is 11.3 Å². The smallest absolute Gasteiger partial charge is 0.344 e. The van der Waals surface area contributed by atoms with Crippen LogP contribution < -0.4 is 19.7 Å². The van der Waals surface area contributed by atoms with Gasteiger partial charge in [0.25, 0.3) is 5.91 Å². The number of aliphatic hydroxyl groups excluding tert-OH is 1. The highest BCUT2D eigenvalue weighted by atomic mass is 32.1. The zero-order chi connectivity index (χ0) is 28.8. The van der Waals surface area contributed by atoms with Crippen LogP contribution in [0, 0.1) is 6.92 Å². The van der Waals surface area contributed by atoms with Gasteiger partial charge in [-0.15, -0.1) is 11.3 Å². The Morgan fingerprint density at radius 3 is 2.48 bits per heavy atom. The predicted molar refractivity (Wildman–Crippen MR) is 157 cm³/mol. The number of aliphatic hydroxyl groups is 1. The van der Waals surface area contributed by atoms with Gasteiger partial charge in [-0.05, 0) is 68.1 Å². The Bertz CT molecular complexity index is 1620. The van der Waals surface area contributed by atoms with E-state index >= 15 is 0 Å². The third-order valence-electron chi connectivity index (χ3n) is 6.77. The number of fused-ring (bicyclic) bond motifs is 1. The summed E-state index contributed by atoms with van der Waals surface area (Å²) in [4.78, 5) is 42.1. The summed E-state index contributed by atoms with van der Waals surface area (Å²) >= 11 is 2.69. The van der Waals surface area contributed by atoms with Crippen LogP contribution in [0.4, 0.5) is 11.4 Å². The Morgan fingerprint density at radius 2 is 1.82 bits per heavy atom. The molecule has 2 aromatic heterocycles. The van der Waals surface area contributed by atoms with Gasteiger partial charge in [-0.1, -0.05) is 6.07 Å². The number of rotatable bonds is 7. The molecule has 3 heterocycles. The van der Waals surface area contributed by atoms with Gasteiger partial charge in [0.2, 0.25) is 5.78 Å². The van der Waals surface area contributed by atoms with E-state index in [0.29, 0.717) is 38.7 Å². The molecule has 4 aromatic rings. The largest absolute Gasteiger partial charge is 0.496 e. The number of esters is 1. The summed E-state index contributed by atoms with van der Waals surface area (Å²) < 4.78 is 11.2. The van der Waals surface area contributed by atoms with Crippen molar-refractivity contribution in [2.75, 3.05) is 24.4 Å². The number of benzene rings is 2. The van der Waals surface area contributed by atoms with Crippen LogP contribution in [0.1, 0.15) is 50.4 Å². The first-order valence-corrected chi connectivity index (χ1v) is 14.2. The number of nitrogens with zero attached hydrogens (tertiary/aromatic N) is 1. The molecule has 1 amide bonds. The second-order valence-corrected chi connectivity index (χ2v) is 12.0. The van der Waals surface area contributed by atoms with E-state index in [1.165, 1.54) is 34.7 Å². The number of likely N-dealkylation sites (N-methyl/N-ethyl adjacent to an activating group) is 1. The van der Waals surface area contributed by atoms with Gasteiger partial charge in [0.15, 0.2) is 0 Å². The maximum atomic E-state index is 13.5. The van der Waals surface area contributed by atoms with Crippen molar-refractivity contribution in [2.45, 2.75) is 32.4 Å². The molecule has 1 atom stereocenters. The van der Waals surface area contributed by atoms with E-state index in [-0.39, 0.29) is 17.2 Å². The number of aryl methyl sites for hydroxylation is 1. The van der Waals surface area contributed by atoms with E-state index in [0.717, 1.165) is 4.88 Å². The second-order valence-electron chi connectivity index (χ2n) is 9.98. The fraction of sp³-hybridized carbons (Fsp3) is 0.233. The molecule has 10 heteroatoms. The van der Waals surface area contributed by atoms with Gasteiger partial charge < -0.3 is 24.8 Å². The number of ketones is 1. The van der Waals surface area contributed by atoms with Crippen molar-refractivity contribution in [2.24, 2.45) is 0 Å². The Kier molecular flexibility index (Phi) is 7.26. The first kappa shape index (κ1) is 27.6. The second kappa shape index (κ2) is 10.5. The third-order valence-corrected chi connectivity index (χ3v) is 8.47. The fourth-order valence-corrected chi connectivity index (χ4v) is 6.29. The molecule has 0 saturated heterocycles. The van der Waals surface area contributed by atoms with Crippen molar-refractivity contribution in [1.82, 2.24) is 0 Å². The molecule has 1 unspecified atom stereocenters.